The zero-order valence-electron chi connectivity index (χ0n) is 18.8. The van der Waals surface area contributed by atoms with E-state index in [0.29, 0.717) is 13.0 Å². The van der Waals surface area contributed by atoms with E-state index in [1.54, 1.807) is 0 Å². The van der Waals surface area contributed by atoms with E-state index in [4.69, 9.17) is 0 Å². The minimum absolute atomic E-state index is 0.0882. The summed E-state index contributed by atoms with van der Waals surface area (Å²) in [6.45, 7) is 1.12. The Labute approximate surface area is 197 Å². The van der Waals surface area contributed by atoms with E-state index in [1.165, 1.54) is 10.5 Å². The molecule has 1 aliphatic heterocycles. The number of carbonyl (C=O) groups is 2. The van der Waals surface area contributed by atoms with Gasteiger partial charge in [-0.05, 0) is 35.2 Å². The molecule has 0 radical (unpaired) electrons. The van der Waals surface area contributed by atoms with Crippen LogP contribution in [-0.4, -0.2) is 32.8 Å². The number of amides is 2. The summed E-state index contributed by atoms with van der Waals surface area (Å²) in [6, 6.07) is 26.5. The van der Waals surface area contributed by atoms with E-state index in [-0.39, 0.29) is 18.2 Å². The molecule has 0 unspecified atom stereocenters. The fourth-order valence-electron chi connectivity index (χ4n) is 5.20. The van der Waals surface area contributed by atoms with Crippen molar-refractivity contribution in [2.75, 3.05) is 6.54 Å². The second-order valence-corrected chi connectivity index (χ2v) is 8.96. The van der Waals surface area contributed by atoms with Gasteiger partial charge < -0.3 is 9.55 Å². The lowest BCUT2D eigenvalue weighted by Crippen LogP contribution is -2.32. The summed E-state index contributed by atoms with van der Waals surface area (Å²) in [7, 11) is 0. The highest BCUT2D eigenvalue weighted by molar-refractivity contribution is 6.08. The quantitative estimate of drug-likeness (QED) is 0.361. The Bertz CT molecular complexity index is 1510. The summed E-state index contributed by atoms with van der Waals surface area (Å²) in [5.74, 6) is -0.612. The SMILES string of the molecule is O=C1C[C@@H](c2cn(Cc3ccccc3)c3ccccc23)C(=O)N1CCc1c[nH]c2ccccc12. The highest BCUT2D eigenvalue weighted by Gasteiger charge is 2.40. The number of hydrogen-bond acceptors (Lipinski definition) is 2. The van der Waals surface area contributed by atoms with Crippen molar-refractivity contribution in [3.8, 4) is 0 Å². The molecule has 6 rings (SSSR count). The van der Waals surface area contributed by atoms with Crippen LogP contribution in [0.2, 0.25) is 0 Å². The fourth-order valence-corrected chi connectivity index (χ4v) is 5.20. The van der Waals surface area contributed by atoms with E-state index in [2.05, 4.69) is 46.1 Å². The average Bonchev–Trinajstić information content (AvgIpc) is 3.53. The minimum Gasteiger partial charge on any atom is -0.361 e. The molecule has 1 fully saturated rings. The average molecular weight is 448 g/mol. The lowest BCUT2D eigenvalue weighted by Gasteiger charge is -2.14. The van der Waals surface area contributed by atoms with Gasteiger partial charge >= 0.3 is 0 Å². The highest BCUT2D eigenvalue weighted by atomic mass is 16.2. The molecule has 5 aromatic rings. The summed E-state index contributed by atoms with van der Waals surface area (Å²) in [6.07, 6.45) is 4.91. The third kappa shape index (κ3) is 3.50. The van der Waals surface area contributed by atoms with Crippen LogP contribution in [0.3, 0.4) is 0 Å². The largest absolute Gasteiger partial charge is 0.361 e. The van der Waals surface area contributed by atoms with Crippen LogP contribution in [0.25, 0.3) is 21.8 Å². The molecule has 2 amide bonds. The number of rotatable bonds is 6. The van der Waals surface area contributed by atoms with Gasteiger partial charge in [-0.2, -0.15) is 0 Å². The monoisotopic (exact) mass is 447 g/mol. The summed E-state index contributed by atoms with van der Waals surface area (Å²) < 4.78 is 2.19. The number of hydrogen-bond donors (Lipinski definition) is 1. The topological polar surface area (TPSA) is 58.1 Å². The number of nitrogens with zero attached hydrogens (tertiary/aromatic N) is 2. The fraction of sp³-hybridized carbons (Fsp3) is 0.172. The van der Waals surface area contributed by atoms with E-state index in [9.17, 15) is 9.59 Å². The van der Waals surface area contributed by atoms with Crippen LogP contribution in [0, 0.1) is 0 Å². The van der Waals surface area contributed by atoms with Crippen molar-refractivity contribution in [3.63, 3.8) is 0 Å². The zero-order valence-corrected chi connectivity index (χ0v) is 18.8. The van der Waals surface area contributed by atoms with Crippen LogP contribution in [-0.2, 0) is 22.6 Å². The second-order valence-electron chi connectivity index (χ2n) is 8.96. The maximum Gasteiger partial charge on any atom is 0.237 e. The van der Waals surface area contributed by atoms with Gasteiger partial charge in [-0.25, -0.2) is 0 Å². The first-order valence-electron chi connectivity index (χ1n) is 11.7. The Balaban J connectivity index is 1.27. The molecule has 0 bridgehead atoms. The number of aromatic amines is 1. The third-order valence-corrected chi connectivity index (χ3v) is 6.91. The van der Waals surface area contributed by atoms with Gasteiger partial charge in [0.05, 0.1) is 5.92 Å². The first kappa shape index (κ1) is 20.5. The lowest BCUT2D eigenvalue weighted by atomic mass is 9.97. The van der Waals surface area contributed by atoms with Crippen molar-refractivity contribution in [2.24, 2.45) is 0 Å². The molecule has 1 N–H and O–H groups in total. The second kappa shape index (κ2) is 8.34. The molecule has 3 heterocycles. The first-order valence-corrected chi connectivity index (χ1v) is 11.7. The summed E-state index contributed by atoms with van der Waals surface area (Å²) in [5, 5.41) is 2.19. The normalized spacial score (nSPS) is 16.2. The van der Waals surface area contributed by atoms with Gasteiger partial charge in [-0.3, -0.25) is 14.5 Å². The van der Waals surface area contributed by atoms with Crippen LogP contribution < -0.4 is 0 Å². The standard InChI is InChI=1S/C29H25N3O2/c33-28-16-24(29(34)32(28)15-14-21-17-30-26-12-6-4-10-22(21)26)25-19-31(18-20-8-2-1-3-9-20)27-13-7-5-11-23(25)27/h1-13,17,19,24,30H,14-16,18H2/t24-/m0/s1. The van der Waals surface area contributed by atoms with Crippen molar-refractivity contribution in [2.45, 2.75) is 25.3 Å². The Morgan fingerprint density at radius 3 is 2.44 bits per heavy atom. The molecule has 168 valence electrons. The van der Waals surface area contributed by atoms with Gasteiger partial charge in [-0.15, -0.1) is 0 Å². The van der Waals surface area contributed by atoms with Crippen molar-refractivity contribution < 1.29 is 9.59 Å². The van der Waals surface area contributed by atoms with Gasteiger partial charge in [0.25, 0.3) is 0 Å². The molecule has 0 saturated carbocycles. The van der Waals surface area contributed by atoms with E-state index < -0.39 is 5.92 Å². The molecule has 34 heavy (non-hydrogen) atoms. The third-order valence-electron chi connectivity index (χ3n) is 6.91. The maximum absolute atomic E-state index is 13.4. The van der Waals surface area contributed by atoms with Gasteiger partial charge in [0, 0.05) is 53.7 Å². The Kier molecular flexibility index (Phi) is 5.02. The van der Waals surface area contributed by atoms with Crippen molar-refractivity contribution in [1.29, 1.82) is 0 Å². The summed E-state index contributed by atoms with van der Waals surface area (Å²) in [4.78, 5) is 31.1. The zero-order chi connectivity index (χ0) is 23.1. The minimum atomic E-state index is -0.433. The number of nitrogens with one attached hydrogen (secondary N) is 1. The van der Waals surface area contributed by atoms with Gasteiger partial charge in [0.15, 0.2) is 0 Å². The van der Waals surface area contributed by atoms with Crippen LogP contribution in [0.1, 0.15) is 29.0 Å². The molecule has 5 nitrogen and oxygen atoms in total. The molecule has 1 aliphatic rings. The predicted molar refractivity (Wildman–Crippen MR) is 134 cm³/mol. The molecule has 1 atom stereocenters. The van der Waals surface area contributed by atoms with Crippen LogP contribution >= 0.6 is 0 Å². The molecule has 2 aromatic heterocycles. The molecular weight excluding hydrogens is 422 g/mol. The molecule has 0 aliphatic carbocycles. The smallest absolute Gasteiger partial charge is 0.237 e. The molecule has 5 heteroatoms. The number of carbonyl (C=O) groups excluding carboxylic acids is 2. The molecule has 1 saturated heterocycles. The molecular formula is C29H25N3O2. The van der Waals surface area contributed by atoms with Crippen LogP contribution in [0.15, 0.2) is 91.3 Å². The van der Waals surface area contributed by atoms with Crippen molar-refractivity contribution in [1.82, 2.24) is 14.5 Å². The van der Waals surface area contributed by atoms with Gasteiger partial charge in [0.1, 0.15) is 0 Å². The van der Waals surface area contributed by atoms with Gasteiger partial charge in [-0.1, -0.05) is 66.7 Å². The molecule has 0 spiro atoms. The number of benzene rings is 3. The Morgan fingerprint density at radius 1 is 0.853 bits per heavy atom. The van der Waals surface area contributed by atoms with Crippen molar-refractivity contribution in [3.05, 3.63) is 108 Å². The van der Waals surface area contributed by atoms with E-state index >= 15 is 0 Å². The Hall–Kier alpha value is -4.12. The summed E-state index contributed by atoms with van der Waals surface area (Å²) in [5.41, 5.74) is 5.42. The lowest BCUT2D eigenvalue weighted by molar-refractivity contribution is -0.138. The first-order chi connectivity index (χ1) is 16.7. The number of H-pyrrole nitrogens is 1. The molecule has 3 aromatic carbocycles. The number of imide groups is 1. The van der Waals surface area contributed by atoms with Crippen LogP contribution in [0.4, 0.5) is 0 Å². The van der Waals surface area contributed by atoms with Crippen LogP contribution in [0.5, 0.6) is 0 Å². The summed E-state index contributed by atoms with van der Waals surface area (Å²) >= 11 is 0. The number of aromatic nitrogens is 2. The number of fused-ring (bicyclic) bond motifs is 2. The maximum atomic E-state index is 13.4. The number of para-hydroxylation sites is 2. The number of likely N-dealkylation sites (tertiary alicyclic amines) is 1. The van der Waals surface area contributed by atoms with Gasteiger partial charge in [0.2, 0.25) is 11.8 Å². The highest BCUT2D eigenvalue weighted by Crippen LogP contribution is 2.36. The predicted octanol–water partition coefficient (Wildman–Crippen LogP) is 5.26. The Morgan fingerprint density at radius 2 is 1.59 bits per heavy atom. The van der Waals surface area contributed by atoms with E-state index in [0.717, 1.165) is 39.5 Å². The van der Waals surface area contributed by atoms with Crippen molar-refractivity contribution >= 4 is 33.6 Å². The van der Waals surface area contributed by atoms with E-state index in [1.807, 2.05) is 54.7 Å².